The SMILES string of the molecule is CC[C@H]1O[C@@H](n2cnc3c(=O)[nH]c(N)nc32)C[C@H]1OP(O)(=S)OC[C@H]1O[C@@H](n2cnc3c(N)ncnc32)C[C@H]1OP(=O)(S)OC[C@]12O[C@@H](n3cnc4c(=O)[nH]c(N)nc43)C(O[C@H]1C)[C@H]2OP(=O)(O)OC[C@]12O[C@@H](n3cnc4c(=O)[nH]c(N)nc43)C(O[C@H]1C)[C@H]2OP(O)(=S)OC[C@]12O[C@@H](n3cnc4c(=O)[nH]c(C)nc43)C(O[C@H]1C)[C@H]2OC(=O)OCc1ccccc1. The summed E-state index contributed by atoms with van der Waals surface area (Å²) in [4.78, 5) is 160. The molecule has 0 saturated carbocycles. The Morgan fingerprint density at radius 3 is 1.52 bits per heavy atom. The number of imidazole rings is 5. The molecule has 10 aromatic heterocycles. The van der Waals surface area contributed by atoms with E-state index in [1.807, 2.05) is 6.92 Å². The molecule has 8 fully saturated rings. The Balaban J connectivity index is 0.600. The van der Waals surface area contributed by atoms with E-state index in [4.69, 9.17) is 130 Å². The maximum absolute atomic E-state index is 15.5. The summed E-state index contributed by atoms with van der Waals surface area (Å²) >= 11 is 16.0. The van der Waals surface area contributed by atoms with Crippen LogP contribution in [-0.2, 0) is 123 Å². The molecule has 52 nitrogen and oxygen atoms in total. The van der Waals surface area contributed by atoms with Crippen LogP contribution in [0.4, 0.5) is 28.5 Å². The van der Waals surface area contributed by atoms with Gasteiger partial charge in [-0.25, -0.2) is 53.8 Å². The third kappa shape index (κ3) is 15.2. The van der Waals surface area contributed by atoms with Crippen LogP contribution in [0.1, 0.15) is 89.5 Å². The molecule has 0 aliphatic carbocycles. The van der Waals surface area contributed by atoms with Gasteiger partial charge in [0.25, 0.3) is 22.2 Å². The Labute approximate surface area is 714 Å². The fourth-order valence-electron chi connectivity index (χ4n) is 17.1. The second kappa shape index (κ2) is 31.7. The van der Waals surface area contributed by atoms with Gasteiger partial charge in [0, 0.05) is 12.8 Å². The van der Waals surface area contributed by atoms with Crippen LogP contribution in [0.3, 0.4) is 0 Å². The minimum atomic E-state index is -5.76. The molecule has 6 bridgehead atoms. The Hall–Kier alpha value is -9.01. The number of hydrogen-bond donors (Lipinski definition) is 12. The summed E-state index contributed by atoms with van der Waals surface area (Å²) in [6.45, 7) is -9.83. The van der Waals surface area contributed by atoms with Crippen molar-refractivity contribution in [2.75, 3.05) is 49.4 Å². The van der Waals surface area contributed by atoms with Gasteiger partial charge in [-0.15, -0.1) is 0 Å². The van der Waals surface area contributed by atoms with E-state index in [0.29, 0.717) is 12.0 Å². The van der Waals surface area contributed by atoms with Crippen molar-refractivity contribution in [1.29, 1.82) is 0 Å². The maximum Gasteiger partial charge on any atom is 0.509 e. The van der Waals surface area contributed by atoms with Crippen molar-refractivity contribution in [3.63, 3.8) is 0 Å². The lowest BCUT2D eigenvalue weighted by Gasteiger charge is -2.38. The molecule has 19 rings (SSSR count). The second-order valence-corrected chi connectivity index (χ2v) is 40.4. The number of benzene rings is 1. The number of phosphoric ester groups is 1. The fourth-order valence-corrected chi connectivity index (χ4v) is 22.6. The van der Waals surface area contributed by atoms with E-state index in [1.165, 1.54) is 68.3 Å². The summed E-state index contributed by atoms with van der Waals surface area (Å²) < 4.78 is 152. The number of H-pyrrole nitrogens is 4. The molecule has 8 saturated heterocycles. The number of hydrogen-bond acceptors (Lipinski definition) is 42. The standard InChI is InChI=1S/C66H76N24O28P4S3/c1-6-30-31(12-35(109-30)87-21-74-38-50(87)80-60(68)83-54(38)92)115-120(98,123)102-15-33-32(13-34(110-33)86-20-73-36-47(67)71-19-72-48(36)86)116-121(99,124)104-18-66-27(4)107-42(58(114-66)89-23-76-39-51(89)81-61(69)84-55(39)93)45(66)117-119(96,97)103-16-65-26(3)108-43(59(113-65)90-24-77-40-52(90)82-62(70)85-56(40)94)46(65)118-122(100,125)105-17-64-25(2)106-41(44(64)111-63(95)101-14-29-10-8-7-9-11-29)57(112-64)88-22-75-37-49(88)78-28(5)79-53(37)91/h7-11,19-27,30-35,41-46,57-59H,6,12-18H2,1-5H3,(H,96,97)(H,98,123)(H,99,124)(H,100,125)(H2,67,71,72)(H,78,79,91)(H3,68,80,83,92)(H3,69,81,84,93)(H3,70,82,85,94)/t25-,26-,27-,30+,31+,32+,33+,34+,35+,41?,42?,43?,44+,45+,46+,57+,58+,59+,64-,65-,66-,120?,121?,122?/m0/s1. The molecule has 0 radical (unpaired) electrons. The predicted molar refractivity (Wildman–Crippen MR) is 433 cm³/mol. The summed E-state index contributed by atoms with van der Waals surface area (Å²) in [5.74, 6) is -0.604. The minimum absolute atomic E-state index is 0.00179. The summed E-state index contributed by atoms with van der Waals surface area (Å²) in [7, 11) is -5.76. The van der Waals surface area contributed by atoms with Crippen molar-refractivity contribution in [3.05, 3.63) is 121 Å². The van der Waals surface area contributed by atoms with Crippen LogP contribution < -0.4 is 45.2 Å². The molecule has 1 aromatic carbocycles. The largest absolute Gasteiger partial charge is 0.509 e. The second-order valence-electron chi connectivity index (χ2n) is 30.5. The van der Waals surface area contributed by atoms with Gasteiger partial charge >= 0.3 is 34.2 Å². The van der Waals surface area contributed by atoms with Crippen LogP contribution in [0.5, 0.6) is 0 Å². The number of aromatic nitrogens is 20. The zero-order valence-corrected chi connectivity index (χ0v) is 71.6. The van der Waals surface area contributed by atoms with Gasteiger partial charge in [0.1, 0.15) is 90.7 Å². The van der Waals surface area contributed by atoms with E-state index in [2.05, 4.69) is 87.0 Å². The number of aromatic amines is 4. The van der Waals surface area contributed by atoms with E-state index in [0.717, 1.165) is 6.33 Å². The zero-order valence-electron chi connectivity index (χ0n) is 65.5. The van der Waals surface area contributed by atoms with E-state index >= 15 is 9.13 Å². The van der Waals surface area contributed by atoms with Crippen LogP contribution in [0.2, 0.25) is 0 Å². The van der Waals surface area contributed by atoms with Crippen molar-refractivity contribution < 1.29 is 112 Å². The smallest absolute Gasteiger partial charge is 0.429 e. The van der Waals surface area contributed by atoms with Gasteiger partial charge in [-0.05, 0) is 63.3 Å². The van der Waals surface area contributed by atoms with E-state index in [-0.39, 0.29) is 105 Å². The first-order valence-corrected chi connectivity index (χ1v) is 47.7. The molecule has 125 heavy (non-hydrogen) atoms. The third-order valence-corrected chi connectivity index (χ3v) is 28.7. The molecule has 666 valence electrons. The number of fused-ring (bicyclic) bond motifs is 11. The van der Waals surface area contributed by atoms with Crippen molar-refractivity contribution in [2.45, 2.75) is 188 Å². The number of carbonyl (C=O) groups excluding carboxylic acids is 1. The number of nitrogens with one attached hydrogen (secondary N) is 4. The van der Waals surface area contributed by atoms with Gasteiger partial charge in [-0.1, -0.05) is 49.5 Å². The average molecular weight is 1870 g/mol. The molecule has 8 aliphatic heterocycles. The lowest BCUT2D eigenvalue weighted by molar-refractivity contribution is -0.217. The highest BCUT2D eigenvalue weighted by Crippen LogP contribution is 2.65. The normalized spacial score (nSPS) is 32.5. The summed E-state index contributed by atoms with van der Waals surface area (Å²) in [5, 5.41) is 0. The quantitative estimate of drug-likeness (QED) is 0.0181. The molecule has 0 amide bonds. The lowest BCUT2D eigenvalue weighted by Crippen LogP contribution is -2.52. The first-order chi connectivity index (χ1) is 59.5. The van der Waals surface area contributed by atoms with Crippen molar-refractivity contribution in [3.8, 4) is 0 Å². The number of nitrogen functional groups attached to an aromatic ring is 4. The lowest BCUT2D eigenvalue weighted by atomic mass is 9.94. The van der Waals surface area contributed by atoms with Crippen LogP contribution in [0.15, 0.2) is 87.5 Å². The van der Waals surface area contributed by atoms with Crippen molar-refractivity contribution in [1.82, 2.24) is 97.6 Å². The number of carbonyl (C=O) groups is 1. The number of rotatable bonds is 29. The fraction of sp³-hybridized carbons (Fsp3) is 0.515. The molecule has 11 aromatic rings. The van der Waals surface area contributed by atoms with Crippen molar-refractivity contribution in [2.24, 2.45) is 0 Å². The summed E-state index contributed by atoms with van der Waals surface area (Å²) in [6.07, 6.45) is -16.7. The number of nitrogens with zero attached hydrogens (tertiary/aromatic N) is 16. The summed E-state index contributed by atoms with van der Waals surface area (Å²) in [6, 6.07) is 8.72. The highest BCUT2D eigenvalue weighted by molar-refractivity contribution is 8.44. The van der Waals surface area contributed by atoms with E-state index < -0.39 is 210 Å². The third-order valence-electron chi connectivity index (χ3n) is 23.1. The molecule has 18 heterocycles. The minimum Gasteiger partial charge on any atom is -0.429 e. The average Bonchev–Trinajstić information content (AvgIpc) is 1.55. The first-order valence-electron chi connectivity index (χ1n) is 38.3. The monoisotopic (exact) mass is 1870 g/mol. The number of phosphoric acid groups is 1. The van der Waals surface area contributed by atoms with E-state index in [1.54, 1.807) is 44.2 Å². The predicted octanol–water partition coefficient (Wildman–Crippen LogP) is 2.05. The number of aryl methyl sites for hydroxylation is 1. The Bertz CT molecular complexity index is 6590. The molecule has 7 unspecified atom stereocenters. The zero-order chi connectivity index (χ0) is 87.7. The molecule has 15 N–H and O–H groups in total. The Morgan fingerprint density at radius 1 is 0.536 bits per heavy atom. The van der Waals surface area contributed by atoms with Crippen LogP contribution in [-0.4, -0.2) is 241 Å². The molecule has 59 heteroatoms. The molecule has 8 aliphatic rings. The van der Waals surface area contributed by atoms with Gasteiger partial charge in [0.05, 0.1) is 88.6 Å². The van der Waals surface area contributed by atoms with Crippen molar-refractivity contribution >= 4 is 150 Å². The van der Waals surface area contributed by atoms with Gasteiger partial charge in [0.15, 0.2) is 86.5 Å². The maximum atomic E-state index is 15.5. The van der Waals surface area contributed by atoms with Crippen LogP contribution in [0, 0.1) is 6.92 Å². The van der Waals surface area contributed by atoms with Gasteiger partial charge < -0.3 is 104 Å². The van der Waals surface area contributed by atoms with Crippen LogP contribution in [0.25, 0.3) is 55.8 Å². The Kier molecular flexibility index (Phi) is 21.7. The van der Waals surface area contributed by atoms with Gasteiger partial charge in [-0.3, -0.25) is 79.6 Å². The summed E-state index contributed by atoms with van der Waals surface area (Å²) in [5.41, 5.74) is 15.6. The molecule has 0 spiro atoms. The van der Waals surface area contributed by atoms with Crippen LogP contribution >= 0.6 is 40.3 Å². The Morgan fingerprint density at radius 2 is 0.976 bits per heavy atom. The topological polar surface area (TPSA) is 680 Å². The molecule has 25 atom stereocenters. The van der Waals surface area contributed by atoms with Gasteiger partial charge in [0.2, 0.25) is 17.8 Å². The first kappa shape index (κ1) is 85.4. The van der Waals surface area contributed by atoms with E-state index in [9.17, 15) is 38.7 Å². The molecular formula is C66H76N24O28P4S3. The van der Waals surface area contributed by atoms with Gasteiger partial charge in [-0.2, -0.15) is 15.0 Å². The highest BCUT2D eigenvalue weighted by atomic mass is 32.7. The number of anilines is 4. The molecular weight excluding hydrogens is 1800 g/mol. The number of ether oxygens (including phenoxy) is 10. The highest BCUT2D eigenvalue weighted by Gasteiger charge is 2.73. The number of thiol groups is 1. The number of nitrogens with two attached hydrogens (primary N) is 4.